The van der Waals surface area contributed by atoms with Crippen LogP contribution in [-0.2, 0) is 9.59 Å². The van der Waals surface area contributed by atoms with E-state index in [1.807, 2.05) is 38.1 Å². The number of ketones is 1. The van der Waals surface area contributed by atoms with Gasteiger partial charge in [-0.05, 0) is 67.1 Å². The van der Waals surface area contributed by atoms with Crippen LogP contribution in [0.5, 0.6) is 5.75 Å². The summed E-state index contributed by atoms with van der Waals surface area (Å²) in [5.74, 6) is -1.78. The van der Waals surface area contributed by atoms with Gasteiger partial charge in [0, 0.05) is 25.3 Å². The Morgan fingerprint density at radius 2 is 1.78 bits per heavy atom. The van der Waals surface area contributed by atoms with Gasteiger partial charge in [0.05, 0.1) is 29.3 Å². The minimum atomic E-state index is -0.965. The number of nitrogens with zero attached hydrogens (tertiary/aromatic N) is 3. The van der Waals surface area contributed by atoms with Gasteiger partial charge in [-0.3, -0.25) is 14.5 Å². The lowest BCUT2D eigenvalue weighted by atomic mass is 9.95. The van der Waals surface area contributed by atoms with Crippen LogP contribution in [0.3, 0.4) is 0 Å². The van der Waals surface area contributed by atoms with Gasteiger partial charge in [-0.15, -0.1) is 0 Å². The molecule has 37 heavy (non-hydrogen) atoms. The van der Waals surface area contributed by atoms with Crippen molar-refractivity contribution in [2.45, 2.75) is 13.0 Å². The Morgan fingerprint density at radius 3 is 2.43 bits per heavy atom. The van der Waals surface area contributed by atoms with E-state index in [0.29, 0.717) is 34.5 Å². The average molecular weight is 501 g/mol. The quantitative estimate of drug-likeness (QED) is 0.224. The molecule has 2 N–H and O–H groups in total. The van der Waals surface area contributed by atoms with Crippen molar-refractivity contribution in [3.63, 3.8) is 0 Å². The Hall–Kier alpha value is -4.66. The largest absolute Gasteiger partial charge is 0.507 e. The van der Waals surface area contributed by atoms with Crippen LogP contribution in [0.1, 0.15) is 24.1 Å². The summed E-state index contributed by atoms with van der Waals surface area (Å²) in [7, 11) is 3.81. The van der Waals surface area contributed by atoms with E-state index in [4.69, 9.17) is 4.74 Å². The third-order valence-corrected chi connectivity index (χ3v) is 6.27. The number of rotatable bonds is 6. The number of benzene rings is 3. The van der Waals surface area contributed by atoms with Gasteiger partial charge in [0.2, 0.25) is 5.95 Å². The molecule has 1 fully saturated rings. The molecule has 4 aromatic rings. The summed E-state index contributed by atoms with van der Waals surface area (Å²) in [4.78, 5) is 37.3. The zero-order valence-electron chi connectivity index (χ0n) is 20.5. The topological polar surface area (TPSA) is 98.8 Å². The van der Waals surface area contributed by atoms with E-state index < -0.39 is 23.5 Å². The maximum atomic E-state index is 13.8. The highest BCUT2D eigenvalue weighted by atomic mass is 19.1. The Balaban J connectivity index is 1.68. The number of hydrogen-bond donors (Lipinski definition) is 2. The highest BCUT2D eigenvalue weighted by molar-refractivity contribution is 6.51. The molecule has 1 aromatic heterocycles. The summed E-state index contributed by atoms with van der Waals surface area (Å²) in [6.07, 6.45) is 0. The van der Waals surface area contributed by atoms with Crippen molar-refractivity contribution in [1.82, 2.24) is 9.97 Å². The zero-order chi connectivity index (χ0) is 26.3. The normalized spacial score (nSPS) is 17.0. The molecule has 1 unspecified atom stereocenters. The van der Waals surface area contributed by atoms with Crippen LogP contribution < -0.4 is 14.5 Å². The Morgan fingerprint density at radius 1 is 1.08 bits per heavy atom. The molecular formula is C28H25FN4O4. The van der Waals surface area contributed by atoms with Crippen LogP contribution in [0.4, 0.5) is 16.0 Å². The van der Waals surface area contributed by atoms with E-state index >= 15 is 0 Å². The number of carbonyl (C=O) groups excluding carboxylic acids is 2. The second-order valence-corrected chi connectivity index (χ2v) is 8.83. The SMILES string of the molecule is CCOc1ccc(/C(O)=C2\C(=O)C(=O)N(c3nc4ccc(F)cc4[nH]3)C2c2ccc(N(C)C)cc2)cc1. The maximum absolute atomic E-state index is 13.8. The summed E-state index contributed by atoms with van der Waals surface area (Å²) >= 11 is 0. The number of ether oxygens (including phenoxy) is 1. The van der Waals surface area contributed by atoms with Crippen molar-refractivity contribution in [2.24, 2.45) is 0 Å². The molecular weight excluding hydrogens is 475 g/mol. The average Bonchev–Trinajstić information content (AvgIpc) is 3.42. The first kappa shape index (κ1) is 24.1. The number of H-pyrrole nitrogens is 1. The van der Waals surface area contributed by atoms with E-state index in [0.717, 1.165) is 5.69 Å². The van der Waals surface area contributed by atoms with Crippen LogP contribution in [-0.4, -0.2) is 47.5 Å². The summed E-state index contributed by atoms with van der Waals surface area (Å²) in [5, 5.41) is 11.3. The van der Waals surface area contributed by atoms with Crippen LogP contribution in [0.25, 0.3) is 16.8 Å². The lowest BCUT2D eigenvalue weighted by Crippen LogP contribution is -2.30. The standard InChI is InChI=1S/C28H25FN4O4/c1-4-37-20-12-7-17(8-13-20)25(34)23-24(16-5-10-19(11-6-16)32(2)3)33(27(36)26(23)35)28-30-21-14-9-18(29)15-22(21)31-28/h5-15,24,34H,4H2,1-3H3,(H,30,31)/b25-23+. The van der Waals surface area contributed by atoms with Crippen molar-refractivity contribution in [3.8, 4) is 5.75 Å². The van der Waals surface area contributed by atoms with E-state index in [1.165, 1.54) is 23.1 Å². The number of nitrogens with one attached hydrogen (secondary N) is 1. The first-order chi connectivity index (χ1) is 17.8. The molecule has 0 saturated carbocycles. The Kier molecular flexibility index (Phi) is 6.12. The van der Waals surface area contributed by atoms with Gasteiger partial charge >= 0.3 is 5.91 Å². The monoisotopic (exact) mass is 500 g/mol. The molecule has 1 saturated heterocycles. The molecule has 0 bridgehead atoms. The number of anilines is 2. The number of amides is 1. The third kappa shape index (κ3) is 4.29. The molecule has 9 heteroatoms. The van der Waals surface area contributed by atoms with Gasteiger partial charge in [0.25, 0.3) is 5.78 Å². The maximum Gasteiger partial charge on any atom is 0.302 e. The van der Waals surface area contributed by atoms with Crippen molar-refractivity contribution in [2.75, 3.05) is 30.5 Å². The second kappa shape index (κ2) is 9.42. The number of halogens is 1. The van der Waals surface area contributed by atoms with Crippen LogP contribution in [0, 0.1) is 5.82 Å². The zero-order valence-corrected chi connectivity index (χ0v) is 20.5. The fourth-order valence-corrected chi connectivity index (χ4v) is 4.43. The second-order valence-electron chi connectivity index (χ2n) is 8.83. The van der Waals surface area contributed by atoms with Crippen LogP contribution in [0.15, 0.2) is 72.3 Å². The number of imidazole rings is 1. The number of aliphatic hydroxyl groups is 1. The Labute approximate surface area is 212 Å². The van der Waals surface area contributed by atoms with Gasteiger partial charge in [0.1, 0.15) is 17.3 Å². The number of fused-ring (bicyclic) bond motifs is 1. The number of aromatic amines is 1. The van der Waals surface area contributed by atoms with Gasteiger partial charge in [-0.25, -0.2) is 9.37 Å². The number of hydrogen-bond acceptors (Lipinski definition) is 6. The highest BCUT2D eigenvalue weighted by Crippen LogP contribution is 2.42. The molecule has 1 amide bonds. The Bertz CT molecular complexity index is 1520. The first-order valence-corrected chi connectivity index (χ1v) is 11.7. The summed E-state index contributed by atoms with van der Waals surface area (Å²) in [6, 6.07) is 17.0. The van der Waals surface area contributed by atoms with Gasteiger partial charge in [-0.1, -0.05) is 12.1 Å². The molecule has 0 aliphatic carbocycles. The minimum Gasteiger partial charge on any atom is -0.507 e. The number of Topliss-reactive ketones (excluding diaryl/α,β-unsaturated/α-hetero) is 1. The lowest BCUT2D eigenvalue weighted by molar-refractivity contribution is -0.132. The molecule has 1 aliphatic rings. The van der Waals surface area contributed by atoms with Crippen molar-refractivity contribution < 1.29 is 23.8 Å². The van der Waals surface area contributed by atoms with Gasteiger partial charge < -0.3 is 19.7 Å². The number of aromatic nitrogens is 2. The molecule has 8 nitrogen and oxygen atoms in total. The van der Waals surface area contributed by atoms with E-state index in [-0.39, 0.29) is 17.3 Å². The summed E-state index contributed by atoms with van der Waals surface area (Å²) in [5.41, 5.74) is 2.63. The number of aliphatic hydroxyl groups excluding tert-OH is 1. The van der Waals surface area contributed by atoms with Crippen molar-refractivity contribution in [1.29, 1.82) is 0 Å². The molecule has 3 aromatic carbocycles. The predicted octanol–water partition coefficient (Wildman–Crippen LogP) is 4.79. The van der Waals surface area contributed by atoms with E-state index in [9.17, 15) is 19.1 Å². The number of carbonyl (C=O) groups is 2. The smallest absolute Gasteiger partial charge is 0.302 e. The lowest BCUT2D eigenvalue weighted by Gasteiger charge is -2.23. The van der Waals surface area contributed by atoms with Crippen molar-refractivity contribution >= 4 is 40.1 Å². The molecule has 2 heterocycles. The summed E-state index contributed by atoms with van der Waals surface area (Å²) in [6.45, 7) is 2.35. The van der Waals surface area contributed by atoms with Crippen molar-refractivity contribution in [3.05, 3.63) is 89.2 Å². The third-order valence-electron chi connectivity index (χ3n) is 6.27. The molecule has 188 valence electrons. The first-order valence-electron chi connectivity index (χ1n) is 11.7. The fourth-order valence-electron chi connectivity index (χ4n) is 4.43. The van der Waals surface area contributed by atoms with Gasteiger partial charge in [-0.2, -0.15) is 0 Å². The fraction of sp³-hybridized carbons (Fsp3) is 0.179. The predicted molar refractivity (Wildman–Crippen MR) is 139 cm³/mol. The molecule has 5 rings (SSSR count). The minimum absolute atomic E-state index is 0.0709. The van der Waals surface area contributed by atoms with Crippen LogP contribution >= 0.6 is 0 Å². The molecule has 1 aliphatic heterocycles. The molecule has 0 spiro atoms. The van der Waals surface area contributed by atoms with E-state index in [2.05, 4.69) is 9.97 Å². The van der Waals surface area contributed by atoms with Crippen LogP contribution in [0.2, 0.25) is 0 Å². The van der Waals surface area contributed by atoms with Gasteiger partial charge in [0.15, 0.2) is 0 Å². The molecule has 1 atom stereocenters. The highest BCUT2D eigenvalue weighted by Gasteiger charge is 2.48. The summed E-state index contributed by atoms with van der Waals surface area (Å²) < 4.78 is 19.3. The van der Waals surface area contributed by atoms with E-state index in [1.54, 1.807) is 36.4 Å². The molecule has 0 radical (unpaired) electrons.